The lowest BCUT2D eigenvalue weighted by molar-refractivity contribution is -0.141. The number of anilines is 1. The third-order valence-electron chi connectivity index (χ3n) is 2.60. The zero-order valence-corrected chi connectivity index (χ0v) is 9.89. The van der Waals surface area contributed by atoms with E-state index in [1.54, 1.807) is 11.9 Å². The molecular formula is C10H11ClF3N3. The van der Waals surface area contributed by atoms with Crippen LogP contribution in [0.2, 0.25) is 5.28 Å². The Balaban J connectivity index is 2.23. The quantitative estimate of drug-likeness (QED) is 0.787. The molecule has 0 aliphatic heterocycles. The SMILES string of the molecule is CN(CC1CC1)c1cc(C(F)(F)F)nc(Cl)n1. The van der Waals surface area contributed by atoms with E-state index in [4.69, 9.17) is 11.6 Å². The predicted molar refractivity (Wildman–Crippen MR) is 58.0 cm³/mol. The van der Waals surface area contributed by atoms with Crippen molar-refractivity contribution in [2.75, 3.05) is 18.5 Å². The summed E-state index contributed by atoms with van der Waals surface area (Å²) < 4.78 is 37.6. The highest BCUT2D eigenvalue weighted by atomic mass is 35.5. The Hall–Kier alpha value is -1.04. The zero-order chi connectivity index (χ0) is 12.6. The van der Waals surface area contributed by atoms with Crippen molar-refractivity contribution < 1.29 is 13.2 Å². The van der Waals surface area contributed by atoms with Crippen molar-refractivity contribution >= 4 is 17.4 Å². The molecule has 0 atom stereocenters. The van der Waals surface area contributed by atoms with Gasteiger partial charge in [0.15, 0.2) is 5.69 Å². The van der Waals surface area contributed by atoms with Gasteiger partial charge in [-0.05, 0) is 30.4 Å². The molecular weight excluding hydrogens is 255 g/mol. The summed E-state index contributed by atoms with van der Waals surface area (Å²) in [6.07, 6.45) is -2.26. The van der Waals surface area contributed by atoms with E-state index >= 15 is 0 Å². The van der Waals surface area contributed by atoms with Crippen LogP contribution in [0.25, 0.3) is 0 Å². The number of hydrogen-bond donors (Lipinski definition) is 0. The van der Waals surface area contributed by atoms with E-state index in [1.165, 1.54) is 0 Å². The Morgan fingerprint density at radius 3 is 2.59 bits per heavy atom. The van der Waals surface area contributed by atoms with Crippen molar-refractivity contribution in [2.45, 2.75) is 19.0 Å². The van der Waals surface area contributed by atoms with Crippen LogP contribution in [-0.2, 0) is 6.18 Å². The molecule has 1 heterocycles. The minimum atomic E-state index is -4.50. The molecule has 1 aromatic rings. The van der Waals surface area contributed by atoms with Gasteiger partial charge in [-0.2, -0.15) is 13.2 Å². The summed E-state index contributed by atoms with van der Waals surface area (Å²) in [5.74, 6) is 0.771. The van der Waals surface area contributed by atoms with Gasteiger partial charge in [0.1, 0.15) is 5.82 Å². The third-order valence-corrected chi connectivity index (χ3v) is 2.76. The van der Waals surface area contributed by atoms with Gasteiger partial charge < -0.3 is 4.90 Å². The van der Waals surface area contributed by atoms with Crippen LogP contribution in [0.15, 0.2) is 6.07 Å². The third kappa shape index (κ3) is 3.21. The van der Waals surface area contributed by atoms with Gasteiger partial charge in [-0.3, -0.25) is 0 Å². The summed E-state index contributed by atoms with van der Waals surface area (Å²) in [5.41, 5.74) is -1.00. The Morgan fingerprint density at radius 1 is 1.41 bits per heavy atom. The maximum Gasteiger partial charge on any atom is 0.433 e. The lowest BCUT2D eigenvalue weighted by Gasteiger charge is -2.18. The van der Waals surface area contributed by atoms with Crippen LogP contribution < -0.4 is 4.90 Å². The van der Waals surface area contributed by atoms with E-state index in [0.717, 1.165) is 18.9 Å². The average molecular weight is 266 g/mol. The van der Waals surface area contributed by atoms with Crippen molar-refractivity contribution in [2.24, 2.45) is 5.92 Å². The molecule has 1 aromatic heterocycles. The minimum absolute atomic E-state index is 0.212. The minimum Gasteiger partial charge on any atom is -0.359 e. The first-order valence-electron chi connectivity index (χ1n) is 5.19. The van der Waals surface area contributed by atoms with Crippen molar-refractivity contribution in [1.82, 2.24) is 9.97 Å². The van der Waals surface area contributed by atoms with Crippen LogP contribution >= 0.6 is 11.6 Å². The predicted octanol–water partition coefficient (Wildman–Crippen LogP) is 3.00. The molecule has 94 valence electrons. The van der Waals surface area contributed by atoms with Crippen molar-refractivity contribution in [1.29, 1.82) is 0 Å². The van der Waals surface area contributed by atoms with E-state index in [9.17, 15) is 13.2 Å². The monoisotopic (exact) mass is 265 g/mol. The first kappa shape index (κ1) is 12.4. The highest BCUT2D eigenvalue weighted by Crippen LogP contribution is 2.33. The second kappa shape index (κ2) is 4.33. The van der Waals surface area contributed by atoms with Gasteiger partial charge in [-0.25, -0.2) is 9.97 Å². The molecule has 0 saturated heterocycles. The normalized spacial score (nSPS) is 16.1. The molecule has 0 N–H and O–H groups in total. The fourth-order valence-electron chi connectivity index (χ4n) is 1.53. The van der Waals surface area contributed by atoms with Gasteiger partial charge in [0.05, 0.1) is 0 Å². The average Bonchev–Trinajstić information content (AvgIpc) is 2.99. The summed E-state index contributed by atoms with van der Waals surface area (Å²) in [6, 6.07) is 0.925. The standard InChI is InChI=1S/C10H11ClF3N3/c1-17(5-6-2-3-6)8-4-7(10(12,13)14)15-9(11)16-8/h4,6H,2-3,5H2,1H3. The lowest BCUT2D eigenvalue weighted by atomic mass is 10.3. The highest BCUT2D eigenvalue weighted by Gasteiger charge is 2.34. The smallest absolute Gasteiger partial charge is 0.359 e. The van der Waals surface area contributed by atoms with Crippen LogP contribution in [0.3, 0.4) is 0 Å². The molecule has 1 saturated carbocycles. The Kier molecular flexibility index (Phi) is 3.16. The van der Waals surface area contributed by atoms with Gasteiger partial charge in [0.25, 0.3) is 0 Å². The fourth-order valence-corrected chi connectivity index (χ4v) is 1.71. The first-order valence-corrected chi connectivity index (χ1v) is 5.57. The van der Waals surface area contributed by atoms with Crippen LogP contribution in [-0.4, -0.2) is 23.6 Å². The summed E-state index contributed by atoms with van der Waals surface area (Å²) in [7, 11) is 1.71. The summed E-state index contributed by atoms with van der Waals surface area (Å²) in [5, 5.41) is -0.377. The largest absolute Gasteiger partial charge is 0.433 e. The molecule has 0 unspecified atom stereocenters. The highest BCUT2D eigenvalue weighted by molar-refractivity contribution is 6.28. The van der Waals surface area contributed by atoms with Gasteiger partial charge in [-0.15, -0.1) is 0 Å². The number of hydrogen-bond acceptors (Lipinski definition) is 3. The maximum atomic E-state index is 12.5. The Morgan fingerprint density at radius 2 is 2.06 bits per heavy atom. The zero-order valence-electron chi connectivity index (χ0n) is 9.13. The number of alkyl halides is 3. The van der Waals surface area contributed by atoms with E-state index in [1.807, 2.05) is 0 Å². The van der Waals surface area contributed by atoms with E-state index < -0.39 is 11.9 Å². The summed E-state index contributed by atoms with van der Waals surface area (Å²) in [4.78, 5) is 8.67. The molecule has 1 aliphatic rings. The second-order valence-electron chi connectivity index (χ2n) is 4.20. The summed E-state index contributed by atoms with van der Waals surface area (Å²) in [6.45, 7) is 0.699. The van der Waals surface area contributed by atoms with Crippen molar-refractivity contribution in [3.63, 3.8) is 0 Å². The van der Waals surface area contributed by atoms with Crippen LogP contribution in [0.5, 0.6) is 0 Å². The Labute approximate surface area is 102 Å². The number of halogens is 4. The molecule has 1 aliphatic carbocycles. The van der Waals surface area contributed by atoms with Crippen molar-refractivity contribution in [3.8, 4) is 0 Å². The van der Waals surface area contributed by atoms with Gasteiger partial charge in [0.2, 0.25) is 5.28 Å². The van der Waals surface area contributed by atoms with E-state index in [2.05, 4.69) is 9.97 Å². The molecule has 0 spiro atoms. The number of rotatable bonds is 3. The number of aromatic nitrogens is 2. The molecule has 7 heteroatoms. The molecule has 0 bridgehead atoms. The summed E-state index contributed by atoms with van der Waals surface area (Å²) >= 11 is 5.50. The molecule has 3 nitrogen and oxygen atoms in total. The molecule has 0 radical (unpaired) electrons. The molecule has 17 heavy (non-hydrogen) atoms. The molecule has 2 rings (SSSR count). The lowest BCUT2D eigenvalue weighted by Crippen LogP contribution is -2.22. The van der Waals surface area contributed by atoms with Gasteiger partial charge in [0, 0.05) is 19.7 Å². The maximum absolute atomic E-state index is 12.5. The molecule has 0 aromatic carbocycles. The van der Waals surface area contributed by atoms with Gasteiger partial charge in [-0.1, -0.05) is 0 Å². The van der Waals surface area contributed by atoms with Gasteiger partial charge >= 0.3 is 6.18 Å². The van der Waals surface area contributed by atoms with Crippen LogP contribution in [0.1, 0.15) is 18.5 Å². The van der Waals surface area contributed by atoms with Crippen molar-refractivity contribution in [3.05, 3.63) is 17.0 Å². The van der Waals surface area contributed by atoms with E-state index in [-0.39, 0.29) is 11.1 Å². The van der Waals surface area contributed by atoms with Crippen LogP contribution in [0, 0.1) is 5.92 Å². The second-order valence-corrected chi connectivity index (χ2v) is 4.54. The molecule has 1 fully saturated rings. The number of nitrogens with zero attached hydrogens (tertiary/aromatic N) is 3. The van der Waals surface area contributed by atoms with E-state index in [0.29, 0.717) is 12.5 Å². The topological polar surface area (TPSA) is 29.0 Å². The van der Waals surface area contributed by atoms with Crippen LogP contribution in [0.4, 0.5) is 19.0 Å². The molecule has 0 amide bonds. The fraction of sp³-hybridized carbons (Fsp3) is 0.600. The Bertz CT molecular complexity index is 418. The first-order chi connectivity index (χ1) is 7.86.